The molecule has 0 spiro atoms. The molecule has 0 fully saturated rings. The molecular formula is C10H14F3NO2. The van der Waals surface area contributed by atoms with Crippen molar-refractivity contribution >= 4 is 5.91 Å². The van der Waals surface area contributed by atoms with Gasteiger partial charge in [0.25, 0.3) is 0 Å². The molecular weight excluding hydrogens is 223 g/mol. The Balaban J connectivity index is 2.48. The number of rotatable bonds is 3. The number of amides is 1. The molecule has 0 bridgehead atoms. The molecule has 1 rings (SSSR count). The van der Waals surface area contributed by atoms with Crippen molar-refractivity contribution in [1.82, 2.24) is 4.90 Å². The SMILES string of the molecule is O=C(CCCO)N1CC=C(C(F)(F)F)CC1. The highest BCUT2D eigenvalue weighted by Gasteiger charge is 2.35. The summed E-state index contributed by atoms with van der Waals surface area (Å²) in [6, 6.07) is 0. The second-order valence-corrected chi connectivity index (χ2v) is 3.64. The zero-order valence-electron chi connectivity index (χ0n) is 8.76. The molecule has 3 nitrogen and oxygen atoms in total. The van der Waals surface area contributed by atoms with Gasteiger partial charge in [-0.2, -0.15) is 13.2 Å². The summed E-state index contributed by atoms with van der Waals surface area (Å²) in [6.07, 6.45) is -2.83. The second kappa shape index (κ2) is 5.34. The summed E-state index contributed by atoms with van der Waals surface area (Å²) in [5.74, 6) is -0.202. The summed E-state index contributed by atoms with van der Waals surface area (Å²) in [4.78, 5) is 12.8. The highest BCUT2D eigenvalue weighted by atomic mass is 19.4. The zero-order valence-corrected chi connectivity index (χ0v) is 8.76. The highest BCUT2D eigenvalue weighted by Crippen LogP contribution is 2.30. The van der Waals surface area contributed by atoms with Crippen LogP contribution >= 0.6 is 0 Å². The molecule has 0 atom stereocenters. The molecule has 0 aromatic rings. The van der Waals surface area contributed by atoms with Crippen LogP contribution in [0.15, 0.2) is 11.6 Å². The smallest absolute Gasteiger partial charge is 0.396 e. The molecule has 0 saturated heterocycles. The molecule has 0 aromatic carbocycles. The molecule has 0 aromatic heterocycles. The van der Waals surface area contributed by atoms with Crippen LogP contribution in [-0.2, 0) is 4.79 Å². The first kappa shape index (κ1) is 13.0. The van der Waals surface area contributed by atoms with Gasteiger partial charge < -0.3 is 10.0 Å². The van der Waals surface area contributed by atoms with Gasteiger partial charge in [-0.3, -0.25) is 4.79 Å². The van der Waals surface area contributed by atoms with Crippen molar-refractivity contribution < 1.29 is 23.1 Å². The summed E-state index contributed by atoms with van der Waals surface area (Å²) in [5, 5.41) is 8.53. The number of aliphatic hydroxyl groups is 1. The maximum absolute atomic E-state index is 12.3. The molecule has 1 aliphatic heterocycles. The normalized spacial score (nSPS) is 17.2. The number of nitrogens with zero attached hydrogens (tertiary/aromatic N) is 1. The number of alkyl halides is 3. The Bertz CT molecular complexity index is 286. The quantitative estimate of drug-likeness (QED) is 0.755. The van der Waals surface area contributed by atoms with E-state index in [9.17, 15) is 18.0 Å². The monoisotopic (exact) mass is 237 g/mol. The Kier molecular flexibility index (Phi) is 4.35. The van der Waals surface area contributed by atoms with Crippen LogP contribution in [0.3, 0.4) is 0 Å². The first-order chi connectivity index (χ1) is 7.45. The Hall–Kier alpha value is -1.04. The van der Waals surface area contributed by atoms with Crippen LogP contribution in [0.5, 0.6) is 0 Å². The third-order valence-corrected chi connectivity index (χ3v) is 2.47. The highest BCUT2D eigenvalue weighted by molar-refractivity contribution is 5.76. The fourth-order valence-electron chi connectivity index (χ4n) is 1.54. The lowest BCUT2D eigenvalue weighted by atomic mass is 10.1. The van der Waals surface area contributed by atoms with E-state index in [-0.39, 0.29) is 38.4 Å². The molecule has 1 aliphatic rings. The fourth-order valence-corrected chi connectivity index (χ4v) is 1.54. The summed E-state index contributed by atoms with van der Waals surface area (Å²) in [7, 11) is 0. The van der Waals surface area contributed by atoms with Crippen LogP contribution in [0.2, 0.25) is 0 Å². The fraction of sp³-hybridized carbons (Fsp3) is 0.700. The van der Waals surface area contributed by atoms with Crippen LogP contribution in [0.1, 0.15) is 19.3 Å². The van der Waals surface area contributed by atoms with E-state index in [0.29, 0.717) is 6.42 Å². The largest absolute Gasteiger partial charge is 0.412 e. The maximum atomic E-state index is 12.3. The van der Waals surface area contributed by atoms with Crippen molar-refractivity contribution in [2.24, 2.45) is 0 Å². The lowest BCUT2D eigenvalue weighted by Crippen LogP contribution is -2.36. The van der Waals surface area contributed by atoms with E-state index >= 15 is 0 Å². The topological polar surface area (TPSA) is 40.5 Å². The van der Waals surface area contributed by atoms with Crippen LogP contribution in [0.4, 0.5) is 13.2 Å². The Morgan fingerprint density at radius 1 is 1.50 bits per heavy atom. The average molecular weight is 237 g/mol. The zero-order chi connectivity index (χ0) is 12.2. The first-order valence-corrected chi connectivity index (χ1v) is 5.10. The number of halogens is 3. The molecule has 0 saturated carbocycles. The van der Waals surface area contributed by atoms with Gasteiger partial charge in [-0.05, 0) is 12.8 Å². The van der Waals surface area contributed by atoms with Crippen molar-refractivity contribution in [3.63, 3.8) is 0 Å². The van der Waals surface area contributed by atoms with E-state index < -0.39 is 11.7 Å². The minimum atomic E-state index is -4.28. The van der Waals surface area contributed by atoms with Gasteiger partial charge in [0, 0.05) is 31.7 Å². The maximum Gasteiger partial charge on any atom is 0.412 e. The minimum absolute atomic E-state index is 0.0130. The number of carbonyl (C=O) groups excluding carboxylic acids is 1. The van der Waals surface area contributed by atoms with Gasteiger partial charge in [-0.25, -0.2) is 0 Å². The van der Waals surface area contributed by atoms with E-state index in [1.165, 1.54) is 4.90 Å². The number of carbonyl (C=O) groups is 1. The van der Waals surface area contributed by atoms with Crippen molar-refractivity contribution in [2.45, 2.75) is 25.4 Å². The molecule has 6 heteroatoms. The molecule has 1 N–H and O–H groups in total. The van der Waals surface area contributed by atoms with E-state index in [1.54, 1.807) is 0 Å². The Morgan fingerprint density at radius 2 is 2.19 bits per heavy atom. The van der Waals surface area contributed by atoms with Crippen LogP contribution in [-0.4, -0.2) is 41.8 Å². The molecule has 0 radical (unpaired) electrons. The lowest BCUT2D eigenvalue weighted by molar-refractivity contribution is -0.132. The lowest BCUT2D eigenvalue weighted by Gasteiger charge is -2.27. The average Bonchev–Trinajstić information content (AvgIpc) is 2.25. The Morgan fingerprint density at radius 3 is 2.62 bits per heavy atom. The van der Waals surface area contributed by atoms with Crippen molar-refractivity contribution in [3.8, 4) is 0 Å². The summed E-state index contributed by atoms with van der Waals surface area (Å²) in [5.41, 5.74) is -0.557. The van der Waals surface area contributed by atoms with Gasteiger partial charge in [0.05, 0.1) is 0 Å². The molecule has 16 heavy (non-hydrogen) atoms. The molecule has 92 valence electrons. The third-order valence-electron chi connectivity index (χ3n) is 2.47. The van der Waals surface area contributed by atoms with E-state index in [4.69, 9.17) is 5.11 Å². The minimum Gasteiger partial charge on any atom is -0.396 e. The van der Waals surface area contributed by atoms with Gasteiger partial charge >= 0.3 is 6.18 Å². The molecule has 0 aliphatic carbocycles. The molecule has 1 amide bonds. The predicted molar refractivity (Wildman–Crippen MR) is 51.7 cm³/mol. The summed E-state index contributed by atoms with van der Waals surface area (Å²) >= 11 is 0. The van der Waals surface area contributed by atoms with Gasteiger partial charge in [0.2, 0.25) is 5.91 Å². The second-order valence-electron chi connectivity index (χ2n) is 3.64. The van der Waals surface area contributed by atoms with Gasteiger partial charge in [-0.15, -0.1) is 0 Å². The predicted octanol–water partition coefficient (Wildman–Crippen LogP) is 1.48. The van der Waals surface area contributed by atoms with E-state index in [1.807, 2.05) is 0 Å². The first-order valence-electron chi connectivity index (χ1n) is 5.10. The van der Waals surface area contributed by atoms with Crippen LogP contribution < -0.4 is 0 Å². The van der Waals surface area contributed by atoms with Crippen LogP contribution in [0, 0.1) is 0 Å². The van der Waals surface area contributed by atoms with Crippen molar-refractivity contribution in [2.75, 3.05) is 19.7 Å². The molecule has 0 unspecified atom stereocenters. The van der Waals surface area contributed by atoms with Gasteiger partial charge in [0.1, 0.15) is 0 Å². The van der Waals surface area contributed by atoms with E-state index in [0.717, 1.165) is 6.08 Å². The summed E-state index contributed by atoms with van der Waals surface area (Å²) in [6.45, 7) is 0.0396. The Labute approximate surface area is 91.5 Å². The number of hydrogen-bond acceptors (Lipinski definition) is 2. The standard InChI is InChI=1S/C10H14F3NO2/c11-10(12,13)8-3-5-14(6-4-8)9(16)2-1-7-15/h3,15H,1-2,4-7H2. The van der Waals surface area contributed by atoms with Crippen molar-refractivity contribution in [1.29, 1.82) is 0 Å². The third kappa shape index (κ3) is 3.52. The summed E-state index contributed by atoms with van der Waals surface area (Å²) < 4.78 is 36.8. The van der Waals surface area contributed by atoms with Crippen LogP contribution in [0.25, 0.3) is 0 Å². The molecule has 1 heterocycles. The van der Waals surface area contributed by atoms with E-state index in [2.05, 4.69) is 0 Å². The number of aliphatic hydroxyl groups excluding tert-OH is 1. The number of hydrogen-bond donors (Lipinski definition) is 1. The van der Waals surface area contributed by atoms with Gasteiger partial charge in [0.15, 0.2) is 0 Å². The van der Waals surface area contributed by atoms with Crippen molar-refractivity contribution in [3.05, 3.63) is 11.6 Å². The van der Waals surface area contributed by atoms with Gasteiger partial charge in [-0.1, -0.05) is 6.08 Å².